The number of benzene rings is 1. The fourth-order valence-corrected chi connectivity index (χ4v) is 1.85. The van der Waals surface area contributed by atoms with Crippen LogP contribution < -0.4 is 15.4 Å². The summed E-state index contributed by atoms with van der Waals surface area (Å²) in [5, 5.41) is 7.45. The minimum absolute atomic E-state index is 0.286. The van der Waals surface area contributed by atoms with Crippen molar-refractivity contribution in [2.75, 3.05) is 12.4 Å². The highest BCUT2D eigenvalue weighted by Crippen LogP contribution is 2.30. The molecule has 0 aliphatic heterocycles. The zero-order chi connectivity index (χ0) is 13.0. The Bertz CT molecular complexity index is 421. The molecule has 0 bridgehead atoms. The van der Waals surface area contributed by atoms with E-state index in [9.17, 15) is 0 Å². The molecule has 0 spiro atoms. The first kappa shape index (κ1) is 14.1. The van der Waals surface area contributed by atoms with Crippen LogP contribution in [0.25, 0.3) is 0 Å². The normalized spacial score (nSPS) is 10.2. The molecule has 0 saturated heterocycles. The molecule has 0 heterocycles. The van der Waals surface area contributed by atoms with Crippen molar-refractivity contribution in [2.45, 2.75) is 26.8 Å². The van der Waals surface area contributed by atoms with Crippen LogP contribution in [0.2, 0.25) is 5.02 Å². The number of hydrogen-bond donors (Lipinski definition) is 2. The summed E-state index contributed by atoms with van der Waals surface area (Å²) in [6, 6.07) is 3.97. The predicted octanol–water partition coefficient (Wildman–Crippen LogP) is 3.35. The van der Waals surface area contributed by atoms with Gasteiger partial charge in [0.15, 0.2) is 5.11 Å². The molecule has 0 aromatic heterocycles. The fraction of sp³-hybridized carbons (Fsp3) is 0.417. The lowest BCUT2D eigenvalue weighted by Crippen LogP contribution is -2.34. The fourth-order valence-electron chi connectivity index (χ4n) is 1.35. The van der Waals surface area contributed by atoms with E-state index < -0.39 is 0 Å². The van der Waals surface area contributed by atoms with Crippen molar-refractivity contribution in [1.82, 2.24) is 5.32 Å². The van der Waals surface area contributed by atoms with E-state index in [0.29, 0.717) is 15.9 Å². The minimum Gasteiger partial charge on any atom is -0.495 e. The highest BCUT2D eigenvalue weighted by Gasteiger charge is 2.08. The molecular formula is C12H17ClN2OS. The van der Waals surface area contributed by atoms with Crippen LogP contribution >= 0.6 is 23.8 Å². The Kier molecular flexibility index (Phi) is 5.02. The maximum absolute atomic E-state index is 6.03. The van der Waals surface area contributed by atoms with Crippen LogP contribution in [0.1, 0.15) is 19.4 Å². The largest absolute Gasteiger partial charge is 0.495 e. The van der Waals surface area contributed by atoms with Crippen molar-refractivity contribution in [2.24, 2.45) is 0 Å². The summed E-state index contributed by atoms with van der Waals surface area (Å²) in [5.74, 6) is 0.675. The van der Waals surface area contributed by atoms with Crippen LogP contribution in [-0.2, 0) is 0 Å². The molecule has 0 amide bonds. The van der Waals surface area contributed by atoms with Gasteiger partial charge in [0.25, 0.3) is 0 Å². The van der Waals surface area contributed by atoms with Crippen LogP contribution in [0.4, 0.5) is 5.69 Å². The molecule has 0 aliphatic carbocycles. The van der Waals surface area contributed by atoms with Gasteiger partial charge in [-0.25, -0.2) is 0 Å². The van der Waals surface area contributed by atoms with Gasteiger partial charge in [-0.05, 0) is 44.6 Å². The monoisotopic (exact) mass is 272 g/mol. The lowest BCUT2D eigenvalue weighted by Gasteiger charge is -2.16. The van der Waals surface area contributed by atoms with Crippen molar-refractivity contribution in [1.29, 1.82) is 0 Å². The van der Waals surface area contributed by atoms with Crippen LogP contribution in [0.5, 0.6) is 5.75 Å². The smallest absolute Gasteiger partial charge is 0.171 e. The first-order valence-electron chi connectivity index (χ1n) is 5.35. The second-order valence-electron chi connectivity index (χ2n) is 4.05. The van der Waals surface area contributed by atoms with Gasteiger partial charge in [-0.15, -0.1) is 0 Å². The Balaban J connectivity index is 2.90. The Morgan fingerprint density at radius 3 is 2.59 bits per heavy atom. The third kappa shape index (κ3) is 4.06. The molecule has 2 N–H and O–H groups in total. The van der Waals surface area contributed by atoms with Crippen LogP contribution in [0, 0.1) is 6.92 Å². The number of hydrogen-bond acceptors (Lipinski definition) is 2. The molecule has 5 heteroatoms. The lowest BCUT2D eigenvalue weighted by atomic mass is 10.2. The van der Waals surface area contributed by atoms with Crippen LogP contribution in [0.15, 0.2) is 12.1 Å². The summed E-state index contributed by atoms with van der Waals surface area (Å²) < 4.78 is 5.25. The maximum Gasteiger partial charge on any atom is 0.171 e. The van der Waals surface area contributed by atoms with E-state index in [1.165, 1.54) is 0 Å². The first-order chi connectivity index (χ1) is 7.93. The predicted molar refractivity (Wildman–Crippen MR) is 77.2 cm³/mol. The number of halogens is 1. The molecule has 1 aromatic carbocycles. The first-order valence-corrected chi connectivity index (χ1v) is 6.14. The van der Waals surface area contributed by atoms with E-state index in [1.807, 2.05) is 26.8 Å². The molecule has 1 rings (SSSR count). The number of aryl methyl sites for hydroxylation is 1. The Labute approximate surface area is 112 Å². The topological polar surface area (TPSA) is 33.3 Å². The van der Waals surface area contributed by atoms with Crippen molar-refractivity contribution in [3.63, 3.8) is 0 Å². The number of thiocarbonyl (C=S) groups is 1. The third-order valence-corrected chi connectivity index (χ3v) is 2.78. The molecule has 0 aliphatic rings. The summed E-state index contributed by atoms with van der Waals surface area (Å²) in [5.41, 5.74) is 1.79. The Hall–Kier alpha value is -1.00. The summed E-state index contributed by atoms with van der Waals surface area (Å²) in [6.07, 6.45) is 0. The number of nitrogens with one attached hydrogen (secondary N) is 2. The molecule has 94 valence electrons. The quantitative estimate of drug-likeness (QED) is 0.827. The summed E-state index contributed by atoms with van der Waals surface area (Å²) in [6.45, 7) is 5.99. The number of ether oxygens (including phenoxy) is 1. The van der Waals surface area contributed by atoms with E-state index in [-0.39, 0.29) is 6.04 Å². The van der Waals surface area contributed by atoms with Gasteiger partial charge < -0.3 is 15.4 Å². The second-order valence-corrected chi connectivity index (χ2v) is 4.87. The molecule has 1 aromatic rings. The minimum atomic E-state index is 0.286. The van der Waals surface area contributed by atoms with Gasteiger partial charge in [-0.1, -0.05) is 11.6 Å². The van der Waals surface area contributed by atoms with E-state index in [0.717, 1.165) is 11.3 Å². The molecule has 17 heavy (non-hydrogen) atoms. The molecule has 0 fully saturated rings. The van der Waals surface area contributed by atoms with E-state index >= 15 is 0 Å². The zero-order valence-corrected chi connectivity index (χ0v) is 12.0. The molecular weight excluding hydrogens is 256 g/mol. The summed E-state index contributed by atoms with van der Waals surface area (Å²) in [7, 11) is 1.60. The summed E-state index contributed by atoms with van der Waals surface area (Å²) >= 11 is 11.2. The van der Waals surface area contributed by atoms with Crippen molar-refractivity contribution in [3.8, 4) is 5.75 Å². The van der Waals surface area contributed by atoms with E-state index in [1.54, 1.807) is 13.2 Å². The average Bonchev–Trinajstić information content (AvgIpc) is 2.21. The lowest BCUT2D eigenvalue weighted by molar-refractivity contribution is 0.417. The van der Waals surface area contributed by atoms with Gasteiger partial charge in [0.05, 0.1) is 12.8 Å². The van der Waals surface area contributed by atoms with Crippen LogP contribution in [0.3, 0.4) is 0 Å². The summed E-state index contributed by atoms with van der Waals surface area (Å²) in [4.78, 5) is 0. The van der Waals surface area contributed by atoms with Crippen molar-refractivity contribution in [3.05, 3.63) is 22.7 Å². The van der Waals surface area contributed by atoms with Crippen molar-refractivity contribution >= 4 is 34.6 Å². The number of rotatable bonds is 3. The Morgan fingerprint density at radius 1 is 1.41 bits per heavy atom. The highest BCUT2D eigenvalue weighted by atomic mass is 35.5. The highest BCUT2D eigenvalue weighted by molar-refractivity contribution is 7.80. The number of anilines is 1. The zero-order valence-electron chi connectivity index (χ0n) is 10.4. The van der Waals surface area contributed by atoms with Gasteiger partial charge in [0.2, 0.25) is 0 Å². The van der Waals surface area contributed by atoms with Gasteiger partial charge >= 0.3 is 0 Å². The van der Waals surface area contributed by atoms with E-state index in [2.05, 4.69) is 10.6 Å². The van der Waals surface area contributed by atoms with Crippen molar-refractivity contribution < 1.29 is 4.74 Å². The number of methoxy groups -OCH3 is 1. The molecule has 0 radical (unpaired) electrons. The average molecular weight is 273 g/mol. The standard InChI is InChI=1S/C12H17ClN2OS/c1-7(2)14-12(17)15-10-5-8(3)9(13)6-11(10)16-4/h5-7H,1-4H3,(H2,14,15,17). The maximum atomic E-state index is 6.03. The van der Waals surface area contributed by atoms with Crippen LogP contribution in [-0.4, -0.2) is 18.3 Å². The van der Waals surface area contributed by atoms with Gasteiger partial charge in [0, 0.05) is 17.1 Å². The van der Waals surface area contributed by atoms with Gasteiger partial charge in [-0.2, -0.15) is 0 Å². The van der Waals surface area contributed by atoms with Gasteiger partial charge in [-0.3, -0.25) is 0 Å². The van der Waals surface area contributed by atoms with Gasteiger partial charge in [0.1, 0.15) is 5.75 Å². The Morgan fingerprint density at radius 2 is 2.06 bits per heavy atom. The molecule has 0 saturated carbocycles. The molecule has 0 atom stereocenters. The second kappa shape index (κ2) is 6.07. The molecule has 0 unspecified atom stereocenters. The SMILES string of the molecule is COc1cc(Cl)c(C)cc1NC(=S)NC(C)C. The van der Waals surface area contributed by atoms with E-state index in [4.69, 9.17) is 28.6 Å². The third-order valence-electron chi connectivity index (χ3n) is 2.15. The molecule has 3 nitrogen and oxygen atoms in total.